The fourth-order valence-electron chi connectivity index (χ4n) is 1.68. The van der Waals surface area contributed by atoms with Gasteiger partial charge in [-0.3, -0.25) is 14.9 Å². The van der Waals surface area contributed by atoms with Gasteiger partial charge in [0.2, 0.25) is 0 Å². The van der Waals surface area contributed by atoms with Crippen LogP contribution in [-0.4, -0.2) is 48.2 Å². The number of ether oxygens (including phenoxy) is 1. The van der Waals surface area contributed by atoms with E-state index < -0.39 is 23.4 Å². The molecule has 0 unspecified atom stereocenters. The minimum absolute atomic E-state index is 0.123. The molecule has 24 heavy (non-hydrogen) atoms. The molecular weight excluding hydrogens is 320 g/mol. The largest absolute Gasteiger partial charge is 0.452 e. The molecule has 0 aliphatic carbocycles. The van der Waals surface area contributed by atoms with E-state index in [0.717, 1.165) is 6.07 Å². The number of nitro groups is 1. The number of amides is 1. The highest BCUT2D eigenvalue weighted by Crippen LogP contribution is 2.23. The highest BCUT2D eigenvalue weighted by molar-refractivity contribution is 5.97. The van der Waals surface area contributed by atoms with E-state index in [2.05, 4.69) is 10.6 Å². The van der Waals surface area contributed by atoms with Crippen LogP contribution < -0.4 is 10.6 Å². The van der Waals surface area contributed by atoms with E-state index in [0.29, 0.717) is 0 Å². The van der Waals surface area contributed by atoms with Gasteiger partial charge in [0.25, 0.3) is 11.6 Å². The van der Waals surface area contributed by atoms with Crippen LogP contribution in [0.2, 0.25) is 0 Å². The van der Waals surface area contributed by atoms with Gasteiger partial charge in [-0.05, 0) is 6.07 Å². The van der Waals surface area contributed by atoms with E-state index in [9.17, 15) is 19.7 Å². The van der Waals surface area contributed by atoms with Crippen molar-refractivity contribution in [2.45, 2.75) is 6.42 Å². The van der Waals surface area contributed by atoms with Crippen LogP contribution in [0.15, 0.2) is 18.2 Å². The number of esters is 1. The molecule has 0 heterocycles. The van der Waals surface area contributed by atoms with Crippen LogP contribution in [0.5, 0.6) is 0 Å². The number of rotatable bonds is 9. The van der Waals surface area contributed by atoms with Crippen molar-refractivity contribution in [2.75, 3.05) is 31.6 Å². The van der Waals surface area contributed by atoms with Crippen LogP contribution in [0.3, 0.4) is 0 Å². The molecule has 1 aromatic carbocycles. The Labute approximate surface area is 137 Å². The maximum Gasteiger partial charge on any atom is 0.341 e. The molecule has 0 fully saturated rings. The molecule has 1 aromatic rings. The summed E-state index contributed by atoms with van der Waals surface area (Å²) in [5.41, 5.74) is -0.193. The van der Waals surface area contributed by atoms with Gasteiger partial charge in [0.1, 0.15) is 0 Å². The maximum absolute atomic E-state index is 12.1. The highest BCUT2D eigenvalue weighted by Gasteiger charge is 2.18. The Balaban J connectivity index is 2.79. The number of carbonyl (C=O) groups excluding carboxylic acids is 2. The molecule has 1 rings (SSSR count). The summed E-state index contributed by atoms with van der Waals surface area (Å²) in [5, 5.41) is 33.1. The molecule has 10 nitrogen and oxygen atoms in total. The van der Waals surface area contributed by atoms with Gasteiger partial charge in [-0.25, -0.2) is 4.79 Å². The lowest BCUT2D eigenvalue weighted by Crippen LogP contribution is -2.29. The van der Waals surface area contributed by atoms with E-state index in [-0.39, 0.29) is 43.1 Å². The van der Waals surface area contributed by atoms with Crippen LogP contribution in [0.1, 0.15) is 16.8 Å². The Kier molecular flexibility index (Phi) is 7.66. The fourth-order valence-corrected chi connectivity index (χ4v) is 1.68. The van der Waals surface area contributed by atoms with Gasteiger partial charge in [0.15, 0.2) is 6.61 Å². The summed E-state index contributed by atoms with van der Waals surface area (Å²) >= 11 is 0. The number of aliphatic hydroxyl groups excluding tert-OH is 1. The lowest BCUT2D eigenvalue weighted by Gasteiger charge is -2.11. The standard InChI is InChI=1S/C14H16N4O6/c15-4-1-5-17-13(20)9-24-14(21)11-8-10(18(22)23)2-3-12(11)16-6-7-19/h2-3,8,16,19H,1,5-7,9H2,(H,17,20). The zero-order valence-electron chi connectivity index (χ0n) is 12.7. The maximum atomic E-state index is 12.1. The van der Waals surface area contributed by atoms with Gasteiger partial charge in [-0.1, -0.05) is 0 Å². The van der Waals surface area contributed by atoms with Crippen LogP contribution in [0, 0.1) is 21.4 Å². The smallest absolute Gasteiger partial charge is 0.341 e. The van der Waals surface area contributed by atoms with Crippen molar-refractivity contribution < 1.29 is 24.4 Å². The zero-order chi connectivity index (χ0) is 17.9. The van der Waals surface area contributed by atoms with E-state index in [4.69, 9.17) is 15.1 Å². The van der Waals surface area contributed by atoms with Crippen molar-refractivity contribution in [3.05, 3.63) is 33.9 Å². The second kappa shape index (κ2) is 9.75. The average molecular weight is 336 g/mol. The summed E-state index contributed by atoms with van der Waals surface area (Å²) in [4.78, 5) is 33.6. The van der Waals surface area contributed by atoms with Crippen molar-refractivity contribution in [1.29, 1.82) is 5.26 Å². The van der Waals surface area contributed by atoms with Crippen molar-refractivity contribution >= 4 is 23.3 Å². The average Bonchev–Trinajstić information content (AvgIpc) is 2.57. The normalized spacial score (nSPS) is 9.67. The van der Waals surface area contributed by atoms with Gasteiger partial charge in [-0.15, -0.1) is 0 Å². The van der Waals surface area contributed by atoms with Crippen molar-refractivity contribution in [2.24, 2.45) is 0 Å². The number of nitrogens with one attached hydrogen (secondary N) is 2. The molecule has 3 N–H and O–H groups in total. The zero-order valence-corrected chi connectivity index (χ0v) is 12.7. The third kappa shape index (κ3) is 5.90. The molecule has 0 radical (unpaired) electrons. The molecule has 0 saturated carbocycles. The van der Waals surface area contributed by atoms with Gasteiger partial charge in [0.05, 0.1) is 29.6 Å². The van der Waals surface area contributed by atoms with Gasteiger partial charge >= 0.3 is 5.97 Å². The second-order valence-electron chi connectivity index (χ2n) is 4.47. The van der Waals surface area contributed by atoms with Crippen LogP contribution in [0.25, 0.3) is 0 Å². The van der Waals surface area contributed by atoms with E-state index in [1.807, 2.05) is 6.07 Å². The minimum Gasteiger partial charge on any atom is -0.452 e. The number of nitriles is 1. The number of benzene rings is 1. The number of nitrogens with zero attached hydrogens (tertiary/aromatic N) is 2. The van der Waals surface area contributed by atoms with E-state index in [1.165, 1.54) is 12.1 Å². The number of non-ortho nitro benzene ring substituents is 1. The molecule has 1 amide bonds. The lowest BCUT2D eigenvalue weighted by atomic mass is 10.1. The van der Waals surface area contributed by atoms with Gasteiger partial charge < -0.3 is 20.5 Å². The molecule has 0 saturated heterocycles. The monoisotopic (exact) mass is 336 g/mol. The third-order valence-electron chi connectivity index (χ3n) is 2.75. The van der Waals surface area contributed by atoms with Crippen LogP contribution >= 0.6 is 0 Å². The first-order chi connectivity index (χ1) is 11.5. The van der Waals surface area contributed by atoms with Crippen molar-refractivity contribution in [3.63, 3.8) is 0 Å². The highest BCUT2D eigenvalue weighted by atomic mass is 16.6. The predicted octanol–water partition coefficient (Wildman–Crippen LogP) is 0.186. The number of carbonyl (C=O) groups is 2. The Morgan fingerprint density at radius 1 is 1.38 bits per heavy atom. The number of aliphatic hydroxyl groups is 1. The Hall–Kier alpha value is -3.19. The molecule has 0 aromatic heterocycles. The fraction of sp³-hybridized carbons (Fsp3) is 0.357. The number of hydrogen-bond donors (Lipinski definition) is 3. The molecule has 0 aliphatic rings. The summed E-state index contributed by atoms with van der Waals surface area (Å²) in [5.74, 6) is -1.51. The molecule has 128 valence electrons. The molecule has 0 aliphatic heterocycles. The number of nitro benzene ring substituents is 1. The summed E-state index contributed by atoms with van der Waals surface area (Å²) in [6, 6.07) is 5.38. The lowest BCUT2D eigenvalue weighted by molar-refractivity contribution is -0.384. The number of hydrogen-bond acceptors (Lipinski definition) is 8. The van der Waals surface area contributed by atoms with E-state index in [1.54, 1.807) is 0 Å². The molecule has 0 bridgehead atoms. The Morgan fingerprint density at radius 2 is 2.12 bits per heavy atom. The van der Waals surface area contributed by atoms with Gasteiger partial charge in [-0.2, -0.15) is 5.26 Å². The molecule has 0 atom stereocenters. The third-order valence-corrected chi connectivity index (χ3v) is 2.75. The second-order valence-corrected chi connectivity index (χ2v) is 4.47. The summed E-state index contributed by atoms with van der Waals surface area (Å²) in [6.45, 7) is -0.515. The topological polar surface area (TPSA) is 155 Å². The van der Waals surface area contributed by atoms with Crippen molar-refractivity contribution in [3.8, 4) is 6.07 Å². The Morgan fingerprint density at radius 3 is 2.75 bits per heavy atom. The summed E-state index contributed by atoms with van der Waals surface area (Å²) in [7, 11) is 0. The summed E-state index contributed by atoms with van der Waals surface area (Å²) < 4.78 is 4.82. The minimum atomic E-state index is -0.922. The quantitative estimate of drug-likeness (QED) is 0.250. The van der Waals surface area contributed by atoms with Gasteiger partial charge in [0, 0.05) is 30.9 Å². The SMILES string of the molecule is N#CCCNC(=O)COC(=O)c1cc([N+](=O)[O-])ccc1NCCO. The van der Waals surface area contributed by atoms with E-state index >= 15 is 0 Å². The van der Waals surface area contributed by atoms with Crippen molar-refractivity contribution in [1.82, 2.24) is 5.32 Å². The first-order valence-corrected chi connectivity index (χ1v) is 6.93. The Bertz CT molecular complexity index is 655. The summed E-state index contributed by atoms with van der Waals surface area (Å²) in [6.07, 6.45) is 0.125. The van der Waals surface area contributed by atoms with Crippen LogP contribution in [-0.2, 0) is 9.53 Å². The molecule has 10 heteroatoms. The first-order valence-electron chi connectivity index (χ1n) is 6.93. The predicted molar refractivity (Wildman–Crippen MR) is 82.2 cm³/mol. The molecular formula is C14H16N4O6. The first kappa shape index (κ1) is 18.9. The number of anilines is 1. The van der Waals surface area contributed by atoms with Crippen LogP contribution in [0.4, 0.5) is 11.4 Å². The molecule has 0 spiro atoms.